The Hall–Kier alpha value is -2.11. The fourth-order valence-electron chi connectivity index (χ4n) is 2.33. The van der Waals surface area contributed by atoms with Crippen molar-refractivity contribution in [2.45, 2.75) is 60.8 Å². The maximum atomic E-state index is 13.3. The van der Waals surface area contributed by atoms with Crippen molar-refractivity contribution in [3.63, 3.8) is 0 Å². The SMILES string of the molecule is CC(=O)OC/C(C)=C/CCP(=O)(OCOC(=O)C(C)(C)C)Oc1ccc(C(C)C)cc1. The molecule has 0 aliphatic carbocycles. The number of carbonyl (C=O) groups excluding carboxylic acids is 2. The normalized spacial score (nSPS) is 14.1. The maximum absolute atomic E-state index is 13.3. The van der Waals surface area contributed by atoms with Gasteiger partial charge in [0.15, 0.2) is 0 Å². The van der Waals surface area contributed by atoms with Crippen molar-refractivity contribution >= 4 is 19.5 Å². The molecule has 1 aromatic rings. The lowest BCUT2D eigenvalue weighted by Crippen LogP contribution is -2.24. The van der Waals surface area contributed by atoms with Crippen molar-refractivity contribution in [2.75, 3.05) is 19.6 Å². The summed E-state index contributed by atoms with van der Waals surface area (Å²) in [6.07, 6.45) is 2.26. The highest BCUT2D eigenvalue weighted by atomic mass is 31.2. The van der Waals surface area contributed by atoms with Gasteiger partial charge in [0.25, 0.3) is 0 Å². The van der Waals surface area contributed by atoms with Crippen molar-refractivity contribution in [1.82, 2.24) is 0 Å². The molecule has 1 atom stereocenters. The highest BCUT2D eigenvalue weighted by molar-refractivity contribution is 7.54. The fourth-order valence-corrected chi connectivity index (χ4v) is 3.71. The lowest BCUT2D eigenvalue weighted by molar-refractivity contribution is -0.159. The molecular formula is C23H35O7P. The van der Waals surface area contributed by atoms with Crippen LogP contribution >= 0.6 is 7.60 Å². The number of benzene rings is 1. The van der Waals surface area contributed by atoms with E-state index in [9.17, 15) is 14.2 Å². The first kappa shape index (κ1) is 26.9. The summed E-state index contributed by atoms with van der Waals surface area (Å²) in [7, 11) is -3.61. The fraction of sp³-hybridized carbons (Fsp3) is 0.565. The molecule has 31 heavy (non-hydrogen) atoms. The van der Waals surface area contributed by atoms with E-state index in [1.54, 1.807) is 32.9 Å². The third kappa shape index (κ3) is 10.7. The molecule has 7 nitrogen and oxygen atoms in total. The number of allylic oxidation sites excluding steroid dienone is 1. The zero-order valence-electron chi connectivity index (χ0n) is 19.6. The van der Waals surface area contributed by atoms with E-state index in [4.69, 9.17) is 18.5 Å². The lowest BCUT2D eigenvalue weighted by Gasteiger charge is -2.21. The van der Waals surface area contributed by atoms with Crippen molar-refractivity contribution in [3.05, 3.63) is 41.5 Å². The second-order valence-electron chi connectivity index (χ2n) is 8.70. The Morgan fingerprint density at radius 3 is 2.19 bits per heavy atom. The van der Waals surface area contributed by atoms with Crippen LogP contribution in [0.3, 0.4) is 0 Å². The van der Waals surface area contributed by atoms with Crippen molar-refractivity contribution in [3.8, 4) is 5.75 Å². The minimum Gasteiger partial charge on any atom is -0.461 e. The van der Waals surface area contributed by atoms with Gasteiger partial charge in [-0.2, -0.15) is 0 Å². The van der Waals surface area contributed by atoms with E-state index in [-0.39, 0.29) is 18.7 Å². The topological polar surface area (TPSA) is 88.1 Å². The van der Waals surface area contributed by atoms with Gasteiger partial charge in [-0.05, 0) is 63.3 Å². The third-order valence-corrected chi connectivity index (χ3v) is 6.04. The number of ether oxygens (including phenoxy) is 2. The number of rotatable bonds is 11. The molecule has 0 bridgehead atoms. The highest BCUT2D eigenvalue weighted by Crippen LogP contribution is 2.49. The van der Waals surface area contributed by atoms with Crippen LogP contribution in [0.1, 0.15) is 66.4 Å². The molecule has 0 N–H and O–H groups in total. The quantitative estimate of drug-likeness (QED) is 0.179. The standard InChI is InChI=1S/C23H35O7P/c1-17(2)20-10-12-21(13-11-20)30-31(26,29-16-28-22(25)23(5,6)7)14-8-9-18(3)15-27-19(4)24/h9-13,17H,8,14-16H2,1-7H3/b18-9+. The Labute approximate surface area is 185 Å². The minimum atomic E-state index is -3.61. The molecule has 0 amide bonds. The van der Waals surface area contributed by atoms with Crippen LogP contribution in [0.25, 0.3) is 0 Å². The Balaban J connectivity index is 2.84. The average Bonchev–Trinajstić information content (AvgIpc) is 2.66. The first-order valence-electron chi connectivity index (χ1n) is 10.3. The molecule has 1 unspecified atom stereocenters. The van der Waals surface area contributed by atoms with E-state index in [0.717, 1.165) is 11.1 Å². The smallest absolute Gasteiger partial charge is 0.382 e. The molecule has 0 radical (unpaired) electrons. The minimum absolute atomic E-state index is 0.0728. The van der Waals surface area contributed by atoms with Crippen LogP contribution in [0.15, 0.2) is 35.9 Å². The number of carbonyl (C=O) groups is 2. The van der Waals surface area contributed by atoms with E-state index in [0.29, 0.717) is 18.1 Å². The summed E-state index contributed by atoms with van der Waals surface area (Å²) in [5.74, 6) is -0.0530. The first-order chi connectivity index (χ1) is 14.3. The maximum Gasteiger partial charge on any atom is 0.382 e. The molecule has 0 saturated heterocycles. The van der Waals surface area contributed by atoms with E-state index in [1.165, 1.54) is 6.92 Å². The molecule has 1 rings (SSSR count). The summed E-state index contributed by atoms with van der Waals surface area (Å²) in [6, 6.07) is 7.31. The van der Waals surface area contributed by atoms with E-state index in [2.05, 4.69) is 13.8 Å². The largest absolute Gasteiger partial charge is 0.461 e. The van der Waals surface area contributed by atoms with Gasteiger partial charge in [0, 0.05) is 6.92 Å². The van der Waals surface area contributed by atoms with Crippen molar-refractivity contribution in [1.29, 1.82) is 0 Å². The van der Waals surface area contributed by atoms with Gasteiger partial charge in [-0.15, -0.1) is 0 Å². The summed E-state index contributed by atoms with van der Waals surface area (Å²) < 4.78 is 34.5. The highest BCUT2D eigenvalue weighted by Gasteiger charge is 2.28. The summed E-state index contributed by atoms with van der Waals surface area (Å²) in [5, 5.41) is 0. The Kier molecular flexibility index (Phi) is 10.5. The lowest BCUT2D eigenvalue weighted by atomic mass is 9.98. The van der Waals surface area contributed by atoms with Crippen LogP contribution in [0.2, 0.25) is 0 Å². The van der Waals surface area contributed by atoms with Crippen LogP contribution < -0.4 is 4.52 Å². The van der Waals surface area contributed by atoms with Gasteiger partial charge in [0.05, 0.1) is 11.6 Å². The molecule has 0 aromatic heterocycles. The third-order valence-electron chi connectivity index (χ3n) is 4.24. The molecule has 0 aliphatic heterocycles. The molecule has 8 heteroatoms. The van der Waals surface area contributed by atoms with Crippen LogP contribution in [-0.2, 0) is 28.2 Å². The molecular weight excluding hydrogens is 419 g/mol. The predicted octanol–water partition coefficient (Wildman–Crippen LogP) is 5.84. The molecule has 174 valence electrons. The summed E-state index contributed by atoms with van der Waals surface area (Å²) >= 11 is 0. The second kappa shape index (κ2) is 12.1. The van der Waals surface area contributed by atoms with E-state index in [1.807, 2.05) is 25.1 Å². The number of hydrogen-bond acceptors (Lipinski definition) is 7. The van der Waals surface area contributed by atoms with Crippen LogP contribution in [-0.4, -0.2) is 31.5 Å². The van der Waals surface area contributed by atoms with Crippen molar-refractivity contribution in [2.24, 2.45) is 5.41 Å². The monoisotopic (exact) mass is 454 g/mol. The molecule has 0 fully saturated rings. The van der Waals surface area contributed by atoms with Gasteiger partial charge in [-0.3, -0.25) is 14.1 Å². The zero-order valence-corrected chi connectivity index (χ0v) is 20.5. The van der Waals surface area contributed by atoms with E-state index >= 15 is 0 Å². The molecule has 1 aromatic carbocycles. The Morgan fingerprint density at radius 2 is 1.68 bits per heavy atom. The first-order valence-corrected chi connectivity index (χ1v) is 12.0. The van der Waals surface area contributed by atoms with Gasteiger partial charge in [0.1, 0.15) is 12.4 Å². The Morgan fingerprint density at radius 1 is 1.06 bits per heavy atom. The predicted molar refractivity (Wildman–Crippen MR) is 120 cm³/mol. The summed E-state index contributed by atoms with van der Waals surface area (Å²) in [6.45, 7) is 12.2. The van der Waals surface area contributed by atoms with Gasteiger partial charge in [-0.25, -0.2) is 4.57 Å². The summed E-state index contributed by atoms with van der Waals surface area (Å²) in [5.41, 5.74) is 1.26. The molecule has 0 saturated carbocycles. The zero-order chi connectivity index (χ0) is 23.7. The van der Waals surface area contributed by atoms with Gasteiger partial charge >= 0.3 is 19.5 Å². The molecule has 0 aliphatic rings. The van der Waals surface area contributed by atoms with Gasteiger partial charge in [-0.1, -0.05) is 32.1 Å². The average molecular weight is 455 g/mol. The van der Waals surface area contributed by atoms with Crippen LogP contribution in [0.5, 0.6) is 5.75 Å². The van der Waals surface area contributed by atoms with Gasteiger partial charge < -0.3 is 14.0 Å². The van der Waals surface area contributed by atoms with Crippen LogP contribution in [0.4, 0.5) is 0 Å². The second-order valence-corrected chi connectivity index (χ2v) is 10.8. The molecule has 0 heterocycles. The van der Waals surface area contributed by atoms with Crippen LogP contribution in [0, 0.1) is 5.41 Å². The van der Waals surface area contributed by atoms with E-state index < -0.39 is 25.8 Å². The van der Waals surface area contributed by atoms with Crippen molar-refractivity contribution < 1.29 is 32.7 Å². The Bertz CT molecular complexity index is 804. The summed E-state index contributed by atoms with van der Waals surface area (Å²) in [4.78, 5) is 22.9. The number of hydrogen-bond donors (Lipinski definition) is 0. The van der Waals surface area contributed by atoms with Gasteiger partial charge in [0.2, 0.25) is 6.79 Å². The molecule has 0 spiro atoms. The number of esters is 2.